The molecule has 0 saturated carbocycles. The first-order valence-corrected chi connectivity index (χ1v) is 6.58. The lowest BCUT2D eigenvalue weighted by atomic mass is 10.2. The average Bonchev–Trinajstić information content (AvgIpc) is 2.45. The molecule has 0 aliphatic carbocycles. The molecule has 1 heterocycles. The minimum atomic E-state index is -3.29. The number of benzene rings is 1. The molecule has 116 valence electrons. The number of halogens is 4. The van der Waals surface area contributed by atoms with Crippen molar-refractivity contribution in [1.29, 1.82) is 0 Å². The van der Waals surface area contributed by atoms with Crippen LogP contribution in [-0.2, 0) is 4.84 Å². The van der Waals surface area contributed by atoms with E-state index in [1.54, 1.807) is 18.2 Å². The largest absolute Gasteiger partial charge is 0.619 e. The van der Waals surface area contributed by atoms with Gasteiger partial charge in [0, 0.05) is 5.56 Å². The van der Waals surface area contributed by atoms with Crippen molar-refractivity contribution >= 4 is 34.8 Å². The number of nitrogens with zero attached hydrogens (tertiary/aromatic N) is 2. The molecular formula is C13H8Cl2F2N2O3. The predicted octanol–water partition coefficient (Wildman–Crippen LogP) is 3.43. The number of hydrogen-bond acceptors (Lipinski definition) is 3. The molecule has 0 atom stereocenters. The van der Waals surface area contributed by atoms with Crippen molar-refractivity contribution in [3.63, 3.8) is 0 Å². The summed E-state index contributed by atoms with van der Waals surface area (Å²) in [7, 11) is 0. The summed E-state index contributed by atoms with van der Waals surface area (Å²) in [6, 6.07) is 7.56. The van der Waals surface area contributed by atoms with Crippen molar-refractivity contribution < 1.29 is 23.1 Å². The van der Waals surface area contributed by atoms with Gasteiger partial charge in [-0.1, -0.05) is 41.4 Å². The maximum absolute atomic E-state index is 12.6. The predicted molar refractivity (Wildman–Crippen MR) is 75.8 cm³/mol. The van der Waals surface area contributed by atoms with Gasteiger partial charge in [0.2, 0.25) is 12.4 Å². The molecule has 9 heteroatoms. The molecule has 0 N–H and O–H groups in total. The normalized spacial score (nSPS) is 10.8. The lowest BCUT2D eigenvalue weighted by Gasteiger charge is -2.22. The highest BCUT2D eigenvalue weighted by Gasteiger charge is 2.28. The molecule has 2 rings (SSSR count). The first-order valence-electron chi connectivity index (χ1n) is 5.82. The molecule has 22 heavy (non-hydrogen) atoms. The zero-order valence-electron chi connectivity index (χ0n) is 10.7. The number of carbonyl (C=O) groups excluding carboxylic acids is 1. The summed E-state index contributed by atoms with van der Waals surface area (Å²) in [5.41, 5.74) is -0.265. The number of pyridine rings is 1. The van der Waals surface area contributed by atoms with Crippen molar-refractivity contribution in [1.82, 2.24) is 0 Å². The number of anilines is 1. The van der Waals surface area contributed by atoms with Crippen LogP contribution in [0.1, 0.15) is 10.4 Å². The maximum Gasteiger partial charge on any atom is 0.365 e. The standard InChI is InChI=1S/C13H8Cl2F2N2O3/c14-9-6-18(21)7-10(15)11(9)19(22-13(16)17)12(20)8-4-2-1-3-5-8/h1-7,13H. The molecule has 5 nitrogen and oxygen atoms in total. The summed E-state index contributed by atoms with van der Waals surface area (Å²) in [4.78, 5) is 16.6. The van der Waals surface area contributed by atoms with Crippen LogP contribution in [0.2, 0.25) is 10.0 Å². The fourth-order valence-corrected chi connectivity index (χ4v) is 2.27. The van der Waals surface area contributed by atoms with Crippen molar-refractivity contribution in [3.8, 4) is 0 Å². The first kappa shape index (κ1) is 16.4. The highest BCUT2D eigenvalue weighted by atomic mass is 35.5. The Hall–Kier alpha value is -1.96. The Labute approximate surface area is 133 Å². The van der Waals surface area contributed by atoms with Gasteiger partial charge in [-0.25, -0.2) is 0 Å². The van der Waals surface area contributed by atoms with Crippen LogP contribution in [0.15, 0.2) is 42.7 Å². The number of carbonyl (C=O) groups is 1. The average molecular weight is 349 g/mol. The van der Waals surface area contributed by atoms with E-state index in [1.165, 1.54) is 12.1 Å². The molecular weight excluding hydrogens is 341 g/mol. The van der Waals surface area contributed by atoms with Gasteiger partial charge in [0.1, 0.15) is 15.7 Å². The Kier molecular flexibility index (Phi) is 5.12. The van der Waals surface area contributed by atoms with Crippen LogP contribution in [0.5, 0.6) is 0 Å². The van der Waals surface area contributed by atoms with Crippen LogP contribution in [0.4, 0.5) is 14.5 Å². The van der Waals surface area contributed by atoms with Crippen LogP contribution in [0.3, 0.4) is 0 Å². The monoisotopic (exact) mass is 348 g/mol. The Balaban J connectivity index is 2.50. The first-order chi connectivity index (χ1) is 10.4. The molecule has 0 aliphatic rings. The highest BCUT2D eigenvalue weighted by Crippen LogP contribution is 2.33. The third-order valence-electron chi connectivity index (χ3n) is 2.53. The molecule has 1 amide bonds. The molecule has 0 unspecified atom stereocenters. The minimum Gasteiger partial charge on any atom is -0.619 e. The van der Waals surface area contributed by atoms with Crippen molar-refractivity contribution in [2.24, 2.45) is 0 Å². The molecule has 0 radical (unpaired) electrons. The summed E-state index contributed by atoms with van der Waals surface area (Å²) >= 11 is 11.6. The molecule has 1 aromatic carbocycles. The fourth-order valence-electron chi connectivity index (χ4n) is 1.67. The quantitative estimate of drug-likeness (QED) is 0.483. The maximum atomic E-state index is 12.6. The summed E-state index contributed by atoms with van der Waals surface area (Å²) in [6.45, 7) is -3.29. The highest BCUT2D eigenvalue weighted by molar-refractivity contribution is 6.39. The number of hydroxylamine groups is 1. The smallest absolute Gasteiger partial charge is 0.365 e. The molecule has 2 aromatic rings. The van der Waals surface area contributed by atoms with E-state index in [2.05, 4.69) is 4.84 Å². The Morgan fingerprint density at radius 3 is 2.23 bits per heavy atom. The van der Waals surface area contributed by atoms with Crippen molar-refractivity contribution in [3.05, 3.63) is 63.5 Å². The van der Waals surface area contributed by atoms with Gasteiger partial charge in [0.25, 0.3) is 5.91 Å². The van der Waals surface area contributed by atoms with Gasteiger partial charge in [0.05, 0.1) is 0 Å². The molecule has 0 aliphatic heterocycles. The molecule has 0 fully saturated rings. The Bertz CT molecular complexity index is 663. The van der Waals surface area contributed by atoms with Gasteiger partial charge < -0.3 is 5.21 Å². The van der Waals surface area contributed by atoms with E-state index in [9.17, 15) is 18.8 Å². The van der Waals surface area contributed by atoms with E-state index < -0.39 is 12.5 Å². The van der Waals surface area contributed by atoms with E-state index in [4.69, 9.17) is 23.2 Å². The van der Waals surface area contributed by atoms with Crippen LogP contribution in [0, 0.1) is 5.21 Å². The number of alkyl halides is 2. The molecule has 0 bridgehead atoms. The van der Waals surface area contributed by atoms with Crippen LogP contribution < -0.4 is 9.79 Å². The van der Waals surface area contributed by atoms with Gasteiger partial charge in [-0.05, 0) is 12.1 Å². The van der Waals surface area contributed by atoms with E-state index in [0.29, 0.717) is 0 Å². The fraction of sp³-hybridized carbons (Fsp3) is 0.0769. The van der Waals surface area contributed by atoms with E-state index >= 15 is 0 Å². The number of aromatic nitrogens is 1. The van der Waals surface area contributed by atoms with E-state index in [-0.39, 0.29) is 31.1 Å². The van der Waals surface area contributed by atoms with Crippen molar-refractivity contribution in [2.45, 2.75) is 6.61 Å². The van der Waals surface area contributed by atoms with Gasteiger partial charge in [-0.3, -0.25) is 4.79 Å². The third-order valence-corrected chi connectivity index (χ3v) is 3.08. The van der Waals surface area contributed by atoms with Crippen LogP contribution in [-0.4, -0.2) is 12.5 Å². The third kappa shape index (κ3) is 3.62. The van der Waals surface area contributed by atoms with E-state index in [1.807, 2.05) is 0 Å². The minimum absolute atomic E-state index is 0.0779. The van der Waals surface area contributed by atoms with Gasteiger partial charge in [-0.2, -0.15) is 23.4 Å². The molecule has 1 aromatic heterocycles. The second-order valence-corrected chi connectivity index (χ2v) is 4.81. The van der Waals surface area contributed by atoms with E-state index in [0.717, 1.165) is 12.4 Å². The zero-order chi connectivity index (χ0) is 16.3. The lowest BCUT2D eigenvalue weighted by molar-refractivity contribution is -0.605. The van der Waals surface area contributed by atoms with Gasteiger partial charge >= 0.3 is 6.61 Å². The second-order valence-electron chi connectivity index (χ2n) is 3.99. The number of hydrogen-bond donors (Lipinski definition) is 0. The van der Waals surface area contributed by atoms with Crippen LogP contribution in [0.25, 0.3) is 0 Å². The summed E-state index contributed by atoms with van der Waals surface area (Å²) in [5, 5.41) is 10.8. The number of rotatable bonds is 4. The topological polar surface area (TPSA) is 56.5 Å². The molecule has 0 spiro atoms. The summed E-state index contributed by atoms with van der Waals surface area (Å²) in [6.07, 6.45) is 1.73. The Morgan fingerprint density at radius 2 is 1.73 bits per heavy atom. The molecule has 0 saturated heterocycles. The van der Waals surface area contributed by atoms with Gasteiger partial charge in [-0.15, -0.1) is 0 Å². The lowest BCUT2D eigenvalue weighted by Crippen LogP contribution is -2.35. The van der Waals surface area contributed by atoms with Gasteiger partial charge in [0.15, 0.2) is 0 Å². The number of amides is 1. The van der Waals surface area contributed by atoms with Crippen molar-refractivity contribution in [2.75, 3.05) is 5.06 Å². The van der Waals surface area contributed by atoms with Crippen LogP contribution >= 0.6 is 23.2 Å². The summed E-state index contributed by atoms with van der Waals surface area (Å²) < 4.78 is 25.5. The second kappa shape index (κ2) is 6.87. The summed E-state index contributed by atoms with van der Waals surface area (Å²) in [5.74, 6) is -0.909. The SMILES string of the molecule is O=C(c1ccccc1)N(OC(F)F)c1c(Cl)c[n+]([O-])cc1Cl. The zero-order valence-corrected chi connectivity index (χ0v) is 12.3. The Morgan fingerprint density at radius 1 is 1.18 bits per heavy atom.